The number of nitrogens with zero attached hydrogens (tertiary/aromatic N) is 1. The first-order chi connectivity index (χ1) is 12.0. The molecule has 0 saturated heterocycles. The Morgan fingerprint density at radius 3 is 2.36 bits per heavy atom. The van der Waals surface area contributed by atoms with Crippen molar-refractivity contribution in [3.05, 3.63) is 54.1 Å². The fraction of sp³-hybridized carbons (Fsp3) is 0.350. The molecule has 0 saturated carbocycles. The molecule has 0 aliphatic heterocycles. The summed E-state index contributed by atoms with van der Waals surface area (Å²) < 4.78 is 5.05. The van der Waals surface area contributed by atoms with Crippen molar-refractivity contribution in [3.63, 3.8) is 0 Å². The Hall–Kier alpha value is -2.53. The summed E-state index contributed by atoms with van der Waals surface area (Å²) in [6, 6.07) is 15.8. The fourth-order valence-corrected chi connectivity index (χ4v) is 2.37. The van der Waals surface area contributed by atoms with Crippen molar-refractivity contribution in [3.8, 4) is 0 Å². The minimum Gasteiger partial charge on any atom is -0.448 e. The summed E-state index contributed by atoms with van der Waals surface area (Å²) in [5, 5.41) is 4.52. The van der Waals surface area contributed by atoms with Crippen LogP contribution in [0.1, 0.15) is 39.2 Å². The lowest BCUT2D eigenvalue weighted by Crippen LogP contribution is -2.31. The standard InChI is InChI=1S/C20H26N2O3/c1-5-24-20(23)22(25-6-2)19-9-7-8-18(14-19)21-17-12-10-16(11-13-17)15(3)4/h7-15,21H,5-6H2,1-4H3. The molecule has 2 aromatic carbocycles. The molecule has 1 N–H and O–H groups in total. The number of hydrogen-bond donors (Lipinski definition) is 1. The SMILES string of the molecule is CCOC(=O)N(OCC)c1cccc(Nc2ccc(C(C)C)cc2)c1. The average molecular weight is 342 g/mol. The van der Waals surface area contributed by atoms with E-state index in [9.17, 15) is 4.79 Å². The van der Waals surface area contributed by atoms with E-state index >= 15 is 0 Å². The largest absolute Gasteiger partial charge is 0.448 e. The van der Waals surface area contributed by atoms with E-state index in [-0.39, 0.29) is 0 Å². The lowest BCUT2D eigenvalue weighted by atomic mass is 10.0. The predicted molar refractivity (Wildman–Crippen MR) is 101 cm³/mol. The molecule has 0 bridgehead atoms. The summed E-state index contributed by atoms with van der Waals surface area (Å²) in [4.78, 5) is 17.5. The van der Waals surface area contributed by atoms with E-state index in [0.29, 0.717) is 24.8 Å². The molecule has 0 unspecified atom stereocenters. The molecule has 0 atom stereocenters. The Kier molecular flexibility index (Phi) is 6.83. The summed E-state index contributed by atoms with van der Waals surface area (Å²) in [6.07, 6.45) is -0.525. The Morgan fingerprint density at radius 2 is 1.76 bits per heavy atom. The van der Waals surface area contributed by atoms with Crippen LogP contribution in [-0.2, 0) is 9.57 Å². The number of carbonyl (C=O) groups is 1. The van der Waals surface area contributed by atoms with Gasteiger partial charge in [-0.25, -0.2) is 4.79 Å². The van der Waals surface area contributed by atoms with Crippen molar-refractivity contribution in [2.24, 2.45) is 0 Å². The van der Waals surface area contributed by atoms with E-state index in [0.717, 1.165) is 11.4 Å². The van der Waals surface area contributed by atoms with Gasteiger partial charge in [0.2, 0.25) is 0 Å². The number of nitrogens with one attached hydrogen (secondary N) is 1. The maximum Gasteiger partial charge on any atom is 0.438 e. The van der Waals surface area contributed by atoms with Gasteiger partial charge in [-0.05, 0) is 55.7 Å². The molecule has 25 heavy (non-hydrogen) atoms. The number of carbonyl (C=O) groups excluding carboxylic acids is 1. The summed E-state index contributed by atoms with van der Waals surface area (Å²) in [5.74, 6) is 0.502. The number of anilines is 3. The topological polar surface area (TPSA) is 50.8 Å². The number of hydrogen-bond acceptors (Lipinski definition) is 4. The lowest BCUT2D eigenvalue weighted by Gasteiger charge is -2.21. The van der Waals surface area contributed by atoms with E-state index in [1.807, 2.05) is 37.3 Å². The summed E-state index contributed by atoms with van der Waals surface area (Å²) in [7, 11) is 0. The number of rotatable bonds is 7. The van der Waals surface area contributed by atoms with E-state index in [1.54, 1.807) is 13.0 Å². The first kappa shape index (κ1) is 18.8. The van der Waals surface area contributed by atoms with Gasteiger partial charge in [0.05, 0.1) is 18.9 Å². The number of ether oxygens (including phenoxy) is 1. The van der Waals surface area contributed by atoms with E-state index in [2.05, 4.69) is 31.3 Å². The minimum atomic E-state index is -0.525. The highest BCUT2D eigenvalue weighted by molar-refractivity contribution is 5.86. The van der Waals surface area contributed by atoms with Crippen molar-refractivity contribution in [2.45, 2.75) is 33.6 Å². The summed E-state index contributed by atoms with van der Waals surface area (Å²) in [5.41, 5.74) is 3.76. The van der Waals surface area contributed by atoms with Crippen LogP contribution >= 0.6 is 0 Å². The second kappa shape index (κ2) is 9.08. The number of benzene rings is 2. The highest BCUT2D eigenvalue weighted by Gasteiger charge is 2.18. The van der Waals surface area contributed by atoms with Crippen LogP contribution in [0.4, 0.5) is 21.9 Å². The quantitative estimate of drug-likeness (QED) is 0.678. The zero-order valence-electron chi connectivity index (χ0n) is 15.3. The highest BCUT2D eigenvalue weighted by Crippen LogP contribution is 2.25. The van der Waals surface area contributed by atoms with Gasteiger partial charge in [0.15, 0.2) is 0 Å². The van der Waals surface area contributed by atoms with Gasteiger partial charge in [-0.3, -0.25) is 4.84 Å². The predicted octanol–water partition coefficient (Wildman–Crippen LogP) is 5.47. The third-order valence-corrected chi connectivity index (χ3v) is 3.64. The van der Waals surface area contributed by atoms with Gasteiger partial charge in [-0.1, -0.05) is 32.0 Å². The van der Waals surface area contributed by atoms with E-state index in [4.69, 9.17) is 9.57 Å². The number of hydroxylamine groups is 1. The third kappa shape index (κ3) is 5.22. The lowest BCUT2D eigenvalue weighted by molar-refractivity contribution is 0.0835. The Morgan fingerprint density at radius 1 is 1.04 bits per heavy atom. The fourth-order valence-electron chi connectivity index (χ4n) is 2.37. The Labute approximate surface area is 149 Å². The van der Waals surface area contributed by atoms with Gasteiger partial charge in [0.25, 0.3) is 0 Å². The monoisotopic (exact) mass is 342 g/mol. The van der Waals surface area contributed by atoms with Crippen LogP contribution in [0, 0.1) is 0 Å². The molecule has 0 spiro atoms. The molecule has 2 rings (SSSR count). The normalized spacial score (nSPS) is 10.6. The Balaban J connectivity index is 2.17. The first-order valence-corrected chi connectivity index (χ1v) is 8.62. The van der Waals surface area contributed by atoms with Crippen LogP contribution in [-0.4, -0.2) is 19.3 Å². The van der Waals surface area contributed by atoms with Gasteiger partial charge in [0.1, 0.15) is 0 Å². The maximum atomic E-state index is 12.1. The van der Waals surface area contributed by atoms with Crippen molar-refractivity contribution in [1.82, 2.24) is 0 Å². The van der Waals surface area contributed by atoms with Gasteiger partial charge >= 0.3 is 6.09 Å². The molecule has 1 amide bonds. The van der Waals surface area contributed by atoms with Crippen LogP contribution in [0.2, 0.25) is 0 Å². The molecule has 5 heteroatoms. The average Bonchev–Trinajstić information content (AvgIpc) is 2.60. The zero-order chi connectivity index (χ0) is 18.2. The Bertz CT molecular complexity index is 684. The van der Waals surface area contributed by atoms with Gasteiger partial charge in [-0.15, -0.1) is 0 Å². The van der Waals surface area contributed by atoms with Crippen molar-refractivity contribution in [2.75, 3.05) is 23.6 Å². The molecule has 0 aliphatic rings. The van der Waals surface area contributed by atoms with Crippen LogP contribution < -0.4 is 10.4 Å². The number of amides is 1. The molecule has 0 radical (unpaired) electrons. The molecule has 5 nitrogen and oxygen atoms in total. The summed E-state index contributed by atoms with van der Waals surface area (Å²) in [6.45, 7) is 8.59. The first-order valence-electron chi connectivity index (χ1n) is 8.62. The third-order valence-electron chi connectivity index (χ3n) is 3.64. The molecule has 0 aliphatic carbocycles. The van der Waals surface area contributed by atoms with Crippen LogP contribution in [0.5, 0.6) is 0 Å². The highest BCUT2D eigenvalue weighted by atomic mass is 16.7. The van der Waals surface area contributed by atoms with Crippen molar-refractivity contribution < 1.29 is 14.4 Å². The zero-order valence-corrected chi connectivity index (χ0v) is 15.3. The molecular weight excluding hydrogens is 316 g/mol. The maximum absolute atomic E-state index is 12.1. The van der Waals surface area contributed by atoms with E-state index < -0.39 is 6.09 Å². The second-order valence-electron chi connectivity index (χ2n) is 5.86. The van der Waals surface area contributed by atoms with Gasteiger partial charge in [0, 0.05) is 11.4 Å². The smallest absolute Gasteiger partial charge is 0.438 e. The minimum absolute atomic E-state index is 0.294. The molecule has 2 aromatic rings. The molecule has 0 fully saturated rings. The second-order valence-corrected chi connectivity index (χ2v) is 5.86. The van der Waals surface area contributed by atoms with Crippen LogP contribution in [0.15, 0.2) is 48.5 Å². The van der Waals surface area contributed by atoms with Gasteiger partial charge < -0.3 is 10.1 Å². The molecule has 134 valence electrons. The van der Waals surface area contributed by atoms with Crippen LogP contribution in [0.25, 0.3) is 0 Å². The molecule has 0 aromatic heterocycles. The van der Waals surface area contributed by atoms with E-state index in [1.165, 1.54) is 10.6 Å². The molecule has 0 heterocycles. The molecular formula is C20H26N2O3. The summed E-state index contributed by atoms with van der Waals surface area (Å²) >= 11 is 0. The van der Waals surface area contributed by atoms with Crippen molar-refractivity contribution in [1.29, 1.82) is 0 Å². The van der Waals surface area contributed by atoms with Gasteiger partial charge in [-0.2, -0.15) is 5.06 Å². The van der Waals surface area contributed by atoms with Crippen molar-refractivity contribution >= 4 is 23.2 Å². The van der Waals surface area contributed by atoms with Crippen LogP contribution in [0.3, 0.4) is 0 Å².